The first-order chi connectivity index (χ1) is 9.70. The number of benzene rings is 1. The van der Waals surface area contributed by atoms with Crippen molar-refractivity contribution in [2.45, 2.75) is 51.4 Å². The summed E-state index contributed by atoms with van der Waals surface area (Å²) in [4.78, 5) is 11.5. The third kappa shape index (κ3) is 4.04. The van der Waals surface area contributed by atoms with Gasteiger partial charge in [-0.2, -0.15) is 0 Å². The van der Waals surface area contributed by atoms with E-state index in [2.05, 4.69) is 5.32 Å². The molecule has 1 saturated carbocycles. The lowest BCUT2D eigenvalue weighted by molar-refractivity contribution is 0.0526. The molecule has 20 heavy (non-hydrogen) atoms. The Bertz CT molecular complexity index is 433. The maximum Gasteiger partial charge on any atom is 0.338 e. The predicted octanol–water partition coefficient (Wildman–Crippen LogP) is 3.23. The van der Waals surface area contributed by atoms with Crippen LogP contribution in [0.1, 0.15) is 48.5 Å². The SMILES string of the molecule is CCOC(=O)c1ccc(CNC2CCCCC2F)cc1. The van der Waals surface area contributed by atoms with Crippen LogP contribution in [0.25, 0.3) is 0 Å². The number of carbonyl (C=O) groups is 1. The molecule has 1 aliphatic rings. The van der Waals surface area contributed by atoms with Gasteiger partial charge in [-0.3, -0.25) is 0 Å². The smallest absolute Gasteiger partial charge is 0.338 e. The van der Waals surface area contributed by atoms with Gasteiger partial charge in [-0.15, -0.1) is 0 Å². The van der Waals surface area contributed by atoms with Crippen LogP contribution in [0.3, 0.4) is 0 Å². The van der Waals surface area contributed by atoms with Gasteiger partial charge in [-0.1, -0.05) is 25.0 Å². The molecule has 2 atom stereocenters. The summed E-state index contributed by atoms with van der Waals surface area (Å²) in [6, 6.07) is 7.24. The van der Waals surface area contributed by atoms with Crippen LogP contribution in [-0.2, 0) is 11.3 Å². The van der Waals surface area contributed by atoms with Crippen LogP contribution >= 0.6 is 0 Å². The molecule has 0 radical (unpaired) electrons. The minimum atomic E-state index is -0.734. The Hall–Kier alpha value is -1.42. The average Bonchev–Trinajstić information content (AvgIpc) is 2.47. The molecule has 3 nitrogen and oxygen atoms in total. The molecule has 1 aromatic rings. The van der Waals surface area contributed by atoms with Crippen molar-refractivity contribution in [2.24, 2.45) is 0 Å². The molecule has 1 aliphatic carbocycles. The molecule has 0 spiro atoms. The number of ether oxygens (including phenoxy) is 1. The highest BCUT2D eigenvalue weighted by Gasteiger charge is 2.23. The topological polar surface area (TPSA) is 38.3 Å². The summed E-state index contributed by atoms with van der Waals surface area (Å²) in [5.74, 6) is -0.303. The summed E-state index contributed by atoms with van der Waals surface area (Å²) in [7, 11) is 0. The number of nitrogens with one attached hydrogen (secondary N) is 1. The van der Waals surface area contributed by atoms with Gasteiger partial charge < -0.3 is 10.1 Å². The van der Waals surface area contributed by atoms with Crippen LogP contribution in [0.4, 0.5) is 4.39 Å². The third-order valence-electron chi connectivity index (χ3n) is 3.72. The van der Waals surface area contributed by atoms with E-state index in [-0.39, 0.29) is 12.0 Å². The number of esters is 1. The molecule has 1 N–H and O–H groups in total. The summed E-state index contributed by atoms with van der Waals surface area (Å²) in [6.45, 7) is 2.80. The summed E-state index contributed by atoms with van der Waals surface area (Å²) < 4.78 is 18.6. The summed E-state index contributed by atoms with van der Waals surface area (Å²) in [5, 5.41) is 3.27. The normalized spacial score (nSPS) is 22.5. The van der Waals surface area contributed by atoms with E-state index in [1.165, 1.54) is 0 Å². The van der Waals surface area contributed by atoms with Crippen molar-refractivity contribution >= 4 is 5.97 Å². The number of hydrogen-bond acceptors (Lipinski definition) is 3. The molecule has 0 aliphatic heterocycles. The molecule has 0 aromatic heterocycles. The molecular weight excluding hydrogens is 257 g/mol. The van der Waals surface area contributed by atoms with Crippen molar-refractivity contribution in [3.05, 3.63) is 35.4 Å². The van der Waals surface area contributed by atoms with Crippen LogP contribution in [0.15, 0.2) is 24.3 Å². The van der Waals surface area contributed by atoms with Gasteiger partial charge in [0, 0.05) is 12.6 Å². The molecule has 1 aromatic carbocycles. The lowest BCUT2D eigenvalue weighted by Gasteiger charge is -2.26. The van der Waals surface area contributed by atoms with Crippen molar-refractivity contribution in [3.63, 3.8) is 0 Å². The lowest BCUT2D eigenvalue weighted by Crippen LogP contribution is -2.39. The Kier molecular flexibility index (Phi) is 5.53. The lowest BCUT2D eigenvalue weighted by atomic mass is 9.93. The monoisotopic (exact) mass is 279 g/mol. The standard InChI is InChI=1S/C16H22FNO2/c1-2-20-16(19)13-9-7-12(8-10-13)11-18-15-6-4-3-5-14(15)17/h7-10,14-15,18H,2-6,11H2,1H3. The van der Waals surface area contributed by atoms with Gasteiger partial charge in [0.15, 0.2) is 0 Å². The fraction of sp³-hybridized carbons (Fsp3) is 0.562. The third-order valence-corrected chi connectivity index (χ3v) is 3.72. The highest BCUT2D eigenvalue weighted by atomic mass is 19.1. The van der Waals surface area contributed by atoms with Gasteiger partial charge >= 0.3 is 5.97 Å². The quantitative estimate of drug-likeness (QED) is 0.841. The zero-order valence-corrected chi connectivity index (χ0v) is 11.9. The van der Waals surface area contributed by atoms with E-state index in [0.29, 0.717) is 25.1 Å². The maximum absolute atomic E-state index is 13.7. The molecule has 1 fully saturated rings. The van der Waals surface area contributed by atoms with Gasteiger partial charge in [-0.25, -0.2) is 9.18 Å². The van der Waals surface area contributed by atoms with Crippen LogP contribution in [0.5, 0.6) is 0 Å². The van der Waals surface area contributed by atoms with Crippen molar-refractivity contribution in [1.29, 1.82) is 0 Å². The number of halogens is 1. The molecule has 0 saturated heterocycles. The van der Waals surface area contributed by atoms with Crippen molar-refractivity contribution in [2.75, 3.05) is 6.61 Å². The average molecular weight is 279 g/mol. The van der Waals surface area contributed by atoms with Gasteiger partial charge in [0.2, 0.25) is 0 Å². The van der Waals surface area contributed by atoms with Crippen LogP contribution in [0.2, 0.25) is 0 Å². The first kappa shape index (κ1) is 15.0. The highest BCUT2D eigenvalue weighted by molar-refractivity contribution is 5.89. The number of alkyl halides is 1. The summed E-state index contributed by atoms with van der Waals surface area (Å²) in [5.41, 5.74) is 1.60. The first-order valence-electron chi connectivity index (χ1n) is 7.34. The molecule has 110 valence electrons. The first-order valence-corrected chi connectivity index (χ1v) is 7.34. The molecule has 2 rings (SSSR count). The molecule has 0 bridgehead atoms. The van der Waals surface area contributed by atoms with Gasteiger partial charge in [0.1, 0.15) is 6.17 Å². The molecule has 0 heterocycles. The molecule has 4 heteroatoms. The van der Waals surface area contributed by atoms with Gasteiger partial charge in [-0.05, 0) is 37.5 Å². The Morgan fingerprint density at radius 1 is 1.30 bits per heavy atom. The molecule has 2 unspecified atom stereocenters. The number of hydrogen-bond donors (Lipinski definition) is 1. The summed E-state index contributed by atoms with van der Waals surface area (Å²) in [6.07, 6.45) is 2.93. The van der Waals surface area contributed by atoms with E-state index in [1.54, 1.807) is 19.1 Å². The number of rotatable bonds is 5. The van der Waals surface area contributed by atoms with E-state index in [1.807, 2.05) is 12.1 Å². The zero-order chi connectivity index (χ0) is 14.4. The van der Waals surface area contributed by atoms with E-state index < -0.39 is 6.17 Å². The Morgan fingerprint density at radius 2 is 2.00 bits per heavy atom. The van der Waals surface area contributed by atoms with Crippen molar-refractivity contribution in [1.82, 2.24) is 5.32 Å². The molecule has 0 amide bonds. The largest absolute Gasteiger partial charge is 0.462 e. The second-order valence-electron chi connectivity index (χ2n) is 5.21. The fourth-order valence-corrected chi connectivity index (χ4v) is 2.54. The van der Waals surface area contributed by atoms with E-state index in [9.17, 15) is 9.18 Å². The van der Waals surface area contributed by atoms with E-state index in [0.717, 1.165) is 24.8 Å². The van der Waals surface area contributed by atoms with Gasteiger partial charge in [0.25, 0.3) is 0 Å². The second kappa shape index (κ2) is 7.39. The minimum Gasteiger partial charge on any atom is -0.462 e. The Morgan fingerprint density at radius 3 is 2.65 bits per heavy atom. The Labute approximate surface area is 119 Å². The number of carbonyl (C=O) groups excluding carboxylic acids is 1. The van der Waals surface area contributed by atoms with Crippen LogP contribution in [-0.4, -0.2) is 24.8 Å². The summed E-state index contributed by atoms with van der Waals surface area (Å²) >= 11 is 0. The van der Waals surface area contributed by atoms with Crippen molar-refractivity contribution < 1.29 is 13.9 Å². The Balaban J connectivity index is 1.85. The zero-order valence-electron chi connectivity index (χ0n) is 11.9. The fourth-order valence-electron chi connectivity index (χ4n) is 2.54. The van der Waals surface area contributed by atoms with E-state index in [4.69, 9.17) is 4.74 Å². The van der Waals surface area contributed by atoms with E-state index >= 15 is 0 Å². The highest BCUT2D eigenvalue weighted by Crippen LogP contribution is 2.21. The minimum absolute atomic E-state index is 0.0338. The van der Waals surface area contributed by atoms with Crippen LogP contribution < -0.4 is 5.32 Å². The van der Waals surface area contributed by atoms with Gasteiger partial charge in [0.05, 0.1) is 12.2 Å². The van der Waals surface area contributed by atoms with Crippen molar-refractivity contribution in [3.8, 4) is 0 Å². The second-order valence-corrected chi connectivity index (χ2v) is 5.21. The maximum atomic E-state index is 13.7. The molecular formula is C16H22FNO2. The predicted molar refractivity (Wildman–Crippen MR) is 76.4 cm³/mol. The van der Waals surface area contributed by atoms with Crippen LogP contribution in [0, 0.1) is 0 Å².